The third-order valence-electron chi connectivity index (χ3n) is 5.02. The first-order valence-corrected chi connectivity index (χ1v) is 10.2. The highest BCUT2D eigenvalue weighted by Crippen LogP contribution is 2.46. The first-order chi connectivity index (χ1) is 13.1. The number of aryl methyl sites for hydroxylation is 3. The van der Waals surface area contributed by atoms with Crippen molar-refractivity contribution in [3.63, 3.8) is 0 Å². The fourth-order valence-corrected chi connectivity index (χ4v) is 4.80. The van der Waals surface area contributed by atoms with Crippen molar-refractivity contribution in [3.05, 3.63) is 70.4 Å². The largest absolute Gasteiger partial charge is 1.00 e. The molecule has 0 atom stereocenters. The number of fused-ring (bicyclic) bond motifs is 2. The van der Waals surface area contributed by atoms with Crippen LogP contribution < -0.4 is 33.4 Å². The fraction of sp³-hybridized carbons (Fsp3) is 0.261. The van der Waals surface area contributed by atoms with E-state index in [2.05, 4.69) is 84.8 Å². The average molecular weight is 504 g/mol. The van der Waals surface area contributed by atoms with Crippen molar-refractivity contribution in [3.8, 4) is 0 Å². The van der Waals surface area contributed by atoms with Gasteiger partial charge >= 0.3 is 0 Å². The van der Waals surface area contributed by atoms with Gasteiger partial charge in [0.2, 0.25) is 11.2 Å². The molecule has 146 valence electrons. The second-order valence-corrected chi connectivity index (χ2v) is 8.06. The van der Waals surface area contributed by atoms with E-state index in [-0.39, 0.29) is 30.6 Å². The Labute approximate surface area is 188 Å². The maximum atomic E-state index is 9.59. The number of hydrogen-bond acceptors (Lipinski definition) is 3. The van der Waals surface area contributed by atoms with Crippen LogP contribution in [0.3, 0.4) is 0 Å². The van der Waals surface area contributed by atoms with E-state index < -0.39 is 0 Å². The number of hydrogen-bond donors (Lipinski definition) is 1. The normalized spacial score (nSPS) is 14.4. The highest BCUT2D eigenvalue weighted by Gasteiger charge is 2.26. The number of aliphatic hydroxyl groups is 1. The minimum Gasteiger partial charge on any atom is -1.00 e. The number of rotatable bonds is 4. The van der Waals surface area contributed by atoms with Gasteiger partial charge < -0.3 is 34.0 Å². The lowest BCUT2D eigenvalue weighted by atomic mass is 10.1. The van der Waals surface area contributed by atoms with E-state index in [1.165, 1.54) is 43.3 Å². The molecule has 28 heavy (non-hydrogen) atoms. The maximum absolute atomic E-state index is 9.59. The smallest absolute Gasteiger partial charge is 0.213 e. The monoisotopic (exact) mass is 504 g/mol. The van der Waals surface area contributed by atoms with Crippen LogP contribution in [0.15, 0.2) is 58.5 Å². The molecule has 0 fully saturated rings. The van der Waals surface area contributed by atoms with Crippen LogP contribution in [0.25, 0.3) is 17.0 Å². The van der Waals surface area contributed by atoms with E-state index in [9.17, 15) is 5.11 Å². The van der Waals surface area contributed by atoms with Crippen molar-refractivity contribution < 1.29 is 33.7 Å². The standard InChI is InChI=1S/C23H25N2OS.HI/c1-4-24-19(9-8-18-7-5-16(2)13-20(18)24)15-23-25(11-12-26)21-14-17(3)6-10-22(21)27-23;/h5-10,13-15,26H,4,11-12H2,1-3H3;1H/q+1;/p-1. The summed E-state index contributed by atoms with van der Waals surface area (Å²) < 4.78 is 2.36. The van der Waals surface area contributed by atoms with Crippen molar-refractivity contribution in [2.24, 2.45) is 0 Å². The Hall–Kier alpha value is -1.57. The van der Waals surface area contributed by atoms with Gasteiger partial charge in [-0.05, 0) is 56.2 Å². The lowest BCUT2D eigenvalue weighted by molar-refractivity contribution is -0.669. The highest BCUT2D eigenvalue weighted by molar-refractivity contribution is 8.03. The van der Waals surface area contributed by atoms with Crippen LogP contribution in [0.2, 0.25) is 0 Å². The Morgan fingerprint density at radius 2 is 1.75 bits per heavy atom. The summed E-state index contributed by atoms with van der Waals surface area (Å²) in [6.07, 6.45) is 2.25. The third kappa shape index (κ3) is 3.93. The van der Waals surface area contributed by atoms with Crippen LogP contribution >= 0.6 is 11.8 Å². The molecule has 1 N–H and O–H groups in total. The van der Waals surface area contributed by atoms with Gasteiger partial charge in [-0.2, -0.15) is 4.57 Å². The number of β-amino-alcohol motifs (C(OH)–C–C–N with tert-alkyl or cyclic N) is 1. The van der Waals surface area contributed by atoms with Gasteiger partial charge in [0.05, 0.1) is 17.3 Å². The molecule has 1 aromatic heterocycles. The molecule has 3 nitrogen and oxygen atoms in total. The number of aromatic nitrogens is 1. The molecule has 0 amide bonds. The Balaban J connectivity index is 0.00000225. The molecule has 0 bridgehead atoms. The predicted octanol–water partition coefficient (Wildman–Crippen LogP) is 1.67. The van der Waals surface area contributed by atoms with Crippen molar-refractivity contribution in [1.82, 2.24) is 0 Å². The molecule has 4 rings (SSSR count). The van der Waals surface area contributed by atoms with Gasteiger partial charge in [-0.25, -0.2) is 0 Å². The first kappa shape index (κ1) is 21.1. The number of benzene rings is 2. The van der Waals surface area contributed by atoms with Crippen LogP contribution in [0.1, 0.15) is 23.7 Å². The molecule has 1 aliphatic rings. The quantitative estimate of drug-likeness (QED) is 0.433. The van der Waals surface area contributed by atoms with Crippen LogP contribution in [-0.2, 0) is 6.54 Å². The molecule has 0 aliphatic carbocycles. The minimum atomic E-state index is 0. The summed E-state index contributed by atoms with van der Waals surface area (Å²) in [5.74, 6) is 0. The summed E-state index contributed by atoms with van der Waals surface area (Å²) in [7, 11) is 0. The second kappa shape index (κ2) is 8.84. The van der Waals surface area contributed by atoms with E-state index >= 15 is 0 Å². The molecule has 0 radical (unpaired) electrons. The summed E-state index contributed by atoms with van der Waals surface area (Å²) in [5, 5.41) is 12.0. The number of anilines is 1. The zero-order valence-corrected chi connectivity index (χ0v) is 19.4. The van der Waals surface area contributed by atoms with Crippen molar-refractivity contribution in [1.29, 1.82) is 0 Å². The molecule has 3 aromatic rings. The number of aliphatic hydroxyl groups excluding tert-OH is 1. The van der Waals surface area contributed by atoms with Crippen molar-refractivity contribution in [2.45, 2.75) is 32.2 Å². The fourth-order valence-electron chi connectivity index (χ4n) is 3.69. The Morgan fingerprint density at radius 3 is 2.50 bits per heavy atom. The minimum absolute atomic E-state index is 0. The van der Waals surface area contributed by atoms with E-state index in [1.807, 2.05) is 0 Å². The number of halogens is 1. The van der Waals surface area contributed by atoms with Gasteiger partial charge in [-0.1, -0.05) is 23.9 Å². The predicted molar refractivity (Wildman–Crippen MR) is 114 cm³/mol. The van der Waals surface area contributed by atoms with E-state index in [0.29, 0.717) is 6.54 Å². The number of pyridine rings is 1. The number of thioether (sulfide) groups is 1. The highest BCUT2D eigenvalue weighted by atomic mass is 127. The topological polar surface area (TPSA) is 27.4 Å². The molecule has 0 spiro atoms. The molecule has 0 saturated heterocycles. The second-order valence-electron chi connectivity index (χ2n) is 7.00. The Kier molecular flexibility index (Phi) is 6.68. The first-order valence-electron chi connectivity index (χ1n) is 9.42. The molecule has 0 unspecified atom stereocenters. The van der Waals surface area contributed by atoms with Gasteiger partial charge in [0, 0.05) is 35.0 Å². The van der Waals surface area contributed by atoms with Gasteiger partial charge in [0.15, 0.2) is 0 Å². The van der Waals surface area contributed by atoms with Crippen LogP contribution in [0, 0.1) is 13.8 Å². The molecule has 0 saturated carbocycles. The summed E-state index contributed by atoms with van der Waals surface area (Å²) >= 11 is 1.78. The zero-order valence-electron chi connectivity index (χ0n) is 16.4. The molecular weight excluding hydrogens is 479 g/mol. The Morgan fingerprint density at radius 1 is 1.04 bits per heavy atom. The maximum Gasteiger partial charge on any atom is 0.213 e. The molecule has 2 heterocycles. The van der Waals surface area contributed by atoms with Crippen molar-refractivity contribution >= 4 is 34.4 Å². The summed E-state index contributed by atoms with van der Waals surface area (Å²) in [5.41, 5.74) is 6.15. The van der Waals surface area contributed by atoms with E-state index in [4.69, 9.17) is 0 Å². The summed E-state index contributed by atoms with van der Waals surface area (Å²) in [4.78, 5) is 3.48. The summed E-state index contributed by atoms with van der Waals surface area (Å²) in [6.45, 7) is 8.09. The Bertz CT molecular complexity index is 1050. The van der Waals surface area contributed by atoms with E-state index in [0.717, 1.165) is 6.54 Å². The third-order valence-corrected chi connectivity index (χ3v) is 6.13. The van der Waals surface area contributed by atoms with Crippen LogP contribution in [-0.4, -0.2) is 18.3 Å². The SMILES string of the molecule is CC[n+]1c(/C=C2\Sc3ccc(C)cc3N2CCO)ccc2ccc(C)cc21.[I-]. The average Bonchev–Trinajstić information content (AvgIpc) is 2.98. The van der Waals surface area contributed by atoms with E-state index in [1.54, 1.807) is 11.8 Å². The van der Waals surface area contributed by atoms with Gasteiger partial charge in [0.25, 0.3) is 0 Å². The summed E-state index contributed by atoms with van der Waals surface area (Å²) in [6, 6.07) is 17.5. The molecule has 2 aromatic carbocycles. The lowest BCUT2D eigenvalue weighted by Crippen LogP contribution is -3.00. The molecular formula is C23H25IN2OS. The molecule has 5 heteroatoms. The number of nitrogens with zero attached hydrogens (tertiary/aromatic N) is 2. The zero-order chi connectivity index (χ0) is 19.0. The van der Waals surface area contributed by atoms with Gasteiger partial charge in [-0.3, -0.25) is 0 Å². The van der Waals surface area contributed by atoms with Crippen molar-refractivity contribution in [2.75, 3.05) is 18.1 Å². The van der Waals surface area contributed by atoms with Gasteiger partial charge in [0.1, 0.15) is 6.54 Å². The van der Waals surface area contributed by atoms with Crippen LogP contribution in [0.5, 0.6) is 0 Å². The lowest BCUT2D eigenvalue weighted by Gasteiger charge is -2.19. The van der Waals surface area contributed by atoms with Gasteiger partial charge in [-0.15, -0.1) is 0 Å². The molecule has 1 aliphatic heterocycles. The van der Waals surface area contributed by atoms with Crippen LogP contribution in [0.4, 0.5) is 5.69 Å².